The van der Waals surface area contributed by atoms with Gasteiger partial charge in [-0.25, -0.2) is 0 Å². The van der Waals surface area contributed by atoms with Gasteiger partial charge >= 0.3 is 12.1 Å². The Kier molecular flexibility index (Phi) is 5.70. The molecule has 0 aliphatic carbocycles. The van der Waals surface area contributed by atoms with Crippen molar-refractivity contribution in [1.29, 1.82) is 0 Å². The summed E-state index contributed by atoms with van der Waals surface area (Å²) in [7, 11) is 0. The Bertz CT molecular complexity index is 471. The predicted molar refractivity (Wildman–Crippen MR) is 64.6 cm³/mol. The lowest BCUT2D eigenvalue weighted by Crippen LogP contribution is -2.19. The second kappa shape index (κ2) is 6.88. The quantitative estimate of drug-likeness (QED) is 0.741. The molecule has 9 heteroatoms. The molecule has 6 nitrogen and oxygen atoms in total. The standard InChI is InChI=1S/C12H17F3N2O4/c1-11(2,6-10(18)19)5-9-17-16-8(21-9)3-4-20-7-12(13,14)15/h3-7H2,1-2H3,(H,18,19). The van der Waals surface area contributed by atoms with Crippen LogP contribution in [-0.4, -0.2) is 40.7 Å². The van der Waals surface area contributed by atoms with E-state index in [1.165, 1.54) is 0 Å². The highest BCUT2D eigenvalue weighted by Crippen LogP contribution is 2.25. The molecule has 1 rings (SSSR count). The van der Waals surface area contributed by atoms with Gasteiger partial charge in [0.25, 0.3) is 0 Å². The normalized spacial score (nSPS) is 12.6. The van der Waals surface area contributed by atoms with Crippen molar-refractivity contribution in [1.82, 2.24) is 10.2 Å². The topological polar surface area (TPSA) is 85.5 Å². The molecule has 0 saturated heterocycles. The maximum atomic E-state index is 11.9. The van der Waals surface area contributed by atoms with Crippen LogP contribution in [0.4, 0.5) is 13.2 Å². The van der Waals surface area contributed by atoms with Crippen molar-refractivity contribution in [2.24, 2.45) is 5.41 Å². The van der Waals surface area contributed by atoms with Crippen molar-refractivity contribution in [3.05, 3.63) is 11.8 Å². The van der Waals surface area contributed by atoms with Gasteiger partial charge in [-0.2, -0.15) is 13.2 Å². The average molecular weight is 310 g/mol. The van der Waals surface area contributed by atoms with Crippen LogP contribution in [0, 0.1) is 5.41 Å². The molecule has 0 atom stereocenters. The molecule has 0 aromatic carbocycles. The molecular formula is C12H17F3N2O4. The van der Waals surface area contributed by atoms with Crippen LogP contribution in [0.25, 0.3) is 0 Å². The number of hydrogen-bond acceptors (Lipinski definition) is 5. The number of carboxylic acids is 1. The Balaban J connectivity index is 2.41. The molecule has 0 unspecified atom stereocenters. The van der Waals surface area contributed by atoms with E-state index in [9.17, 15) is 18.0 Å². The number of halogens is 3. The highest BCUT2D eigenvalue weighted by molar-refractivity contribution is 5.67. The van der Waals surface area contributed by atoms with Crippen LogP contribution in [0.15, 0.2) is 4.42 Å². The van der Waals surface area contributed by atoms with Gasteiger partial charge in [0.15, 0.2) is 0 Å². The lowest BCUT2D eigenvalue weighted by atomic mass is 9.86. The van der Waals surface area contributed by atoms with Gasteiger partial charge in [-0.05, 0) is 5.41 Å². The highest BCUT2D eigenvalue weighted by Gasteiger charge is 2.27. The van der Waals surface area contributed by atoms with E-state index in [1.54, 1.807) is 13.8 Å². The third-order valence-electron chi connectivity index (χ3n) is 2.49. The van der Waals surface area contributed by atoms with Gasteiger partial charge in [0.05, 0.1) is 13.0 Å². The van der Waals surface area contributed by atoms with Crippen LogP contribution in [0.3, 0.4) is 0 Å². The first-order chi connectivity index (χ1) is 9.57. The molecule has 0 fully saturated rings. The molecule has 0 aliphatic heterocycles. The summed E-state index contributed by atoms with van der Waals surface area (Å²) in [5.74, 6) is -0.509. The van der Waals surface area contributed by atoms with Crippen molar-refractivity contribution in [3.8, 4) is 0 Å². The summed E-state index contributed by atoms with van der Waals surface area (Å²) in [4.78, 5) is 10.7. The van der Waals surface area contributed by atoms with Crippen LogP contribution < -0.4 is 0 Å². The minimum Gasteiger partial charge on any atom is -0.481 e. The Labute approximate surface area is 119 Å². The largest absolute Gasteiger partial charge is 0.481 e. The van der Waals surface area contributed by atoms with E-state index < -0.39 is 24.2 Å². The van der Waals surface area contributed by atoms with E-state index >= 15 is 0 Å². The molecule has 1 aromatic heterocycles. The molecule has 120 valence electrons. The highest BCUT2D eigenvalue weighted by atomic mass is 19.4. The number of rotatable bonds is 8. The molecule has 0 saturated carbocycles. The van der Waals surface area contributed by atoms with E-state index in [-0.39, 0.29) is 37.7 Å². The monoisotopic (exact) mass is 310 g/mol. The third kappa shape index (κ3) is 7.64. The fourth-order valence-electron chi connectivity index (χ4n) is 1.69. The zero-order valence-corrected chi connectivity index (χ0v) is 11.7. The first-order valence-electron chi connectivity index (χ1n) is 6.25. The van der Waals surface area contributed by atoms with E-state index in [4.69, 9.17) is 9.52 Å². The summed E-state index contributed by atoms with van der Waals surface area (Å²) < 4.78 is 45.2. The van der Waals surface area contributed by atoms with Gasteiger partial charge in [0.1, 0.15) is 6.61 Å². The zero-order chi connectivity index (χ0) is 16.1. The number of carboxylic acid groups (broad SMARTS) is 1. The Hall–Kier alpha value is -1.64. The second-order valence-electron chi connectivity index (χ2n) is 5.42. The smallest absolute Gasteiger partial charge is 0.411 e. The van der Waals surface area contributed by atoms with Crippen molar-refractivity contribution < 1.29 is 32.2 Å². The molecule has 0 spiro atoms. The van der Waals surface area contributed by atoms with Gasteiger partial charge < -0.3 is 14.3 Å². The van der Waals surface area contributed by atoms with Crippen LogP contribution in [0.1, 0.15) is 32.0 Å². The Morgan fingerprint density at radius 3 is 2.48 bits per heavy atom. The van der Waals surface area contributed by atoms with E-state index in [0.717, 1.165) is 0 Å². The lowest BCUT2D eigenvalue weighted by molar-refractivity contribution is -0.173. The van der Waals surface area contributed by atoms with Crippen LogP contribution in [-0.2, 0) is 22.4 Å². The van der Waals surface area contributed by atoms with Crippen molar-refractivity contribution in [3.63, 3.8) is 0 Å². The third-order valence-corrected chi connectivity index (χ3v) is 2.49. The Morgan fingerprint density at radius 1 is 1.29 bits per heavy atom. The van der Waals surface area contributed by atoms with Crippen molar-refractivity contribution >= 4 is 5.97 Å². The number of nitrogens with zero attached hydrogens (tertiary/aromatic N) is 2. The predicted octanol–water partition coefficient (Wildman–Crippen LogP) is 2.23. The summed E-state index contributed by atoms with van der Waals surface area (Å²) in [5, 5.41) is 16.2. The maximum absolute atomic E-state index is 11.9. The lowest BCUT2D eigenvalue weighted by Gasteiger charge is -2.19. The number of carbonyl (C=O) groups is 1. The van der Waals surface area contributed by atoms with Crippen LogP contribution in [0.2, 0.25) is 0 Å². The van der Waals surface area contributed by atoms with Gasteiger partial charge in [0.2, 0.25) is 11.8 Å². The van der Waals surface area contributed by atoms with E-state index in [2.05, 4.69) is 14.9 Å². The fraction of sp³-hybridized carbons (Fsp3) is 0.750. The van der Waals surface area contributed by atoms with E-state index in [1.807, 2.05) is 0 Å². The van der Waals surface area contributed by atoms with Gasteiger partial charge in [-0.1, -0.05) is 13.8 Å². The van der Waals surface area contributed by atoms with E-state index in [0.29, 0.717) is 0 Å². The number of hydrogen-bond donors (Lipinski definition) is 1. The molecule has 1 heterocycles. The molecule has 21 heavy (non-hydrogen) atoms. The summed E-state index contributed by atoms with van der Waals surface area (Å²) in [6, 6.07) is 0. The summed E-state index contributed by atoms with van der Waals surface area (Å²) in [6.07, 6.45) is -4.07. The minimum absolute atomic E-state index is 0.0561. The molecular weight excluding hydrogens is 293 g/mol. The fourth-order valence-corrected chi connectivity index (χ4v) is 1.69. The molecule has 1 N–H and O–H groups in total. The first kappa shape index (κ1) is 17.4. The van der Waals surface area contributed by atoms with Crippen LogP contribution >= 0.6 is 0 Å². The molecule has 0 amide bonds. The number of ether oxygens (including phenoxy) is 1. The number of alkyl halides is 3. The molecule has 0 radical (unpaired) electrons. The molecule has 1 aromatic rings. The van der Waals surface area contributed by atoms with Gasteiger partial charge in [0, 0.05) is 12.8 Å². The van der Waals surface area contributed by atoms with Crippen molar-refractivity contribution in [2.45, 2.75) is 39.3 Å². The van der Waals surface area contributed by atoms with Crippen LogP contribution in [0.5, 0.6) is 0 Å². The Morgan fingerprint density at radius 2 is 1.90 bits per heavy atom. The first-order valence-corrected chi connectivity index (χ1v) is 6.25. The number of aliphatic carboxylic acids is 1. The minimum atomic E-state index is -4.36. The van der Waals surface area contributed by atoms with Gasteiger partial charge in [-0.15, -0.1) is 10.2 Å². The molecule has 0 aliphatic rings. The summed E-state index contributed by atoms with van der Waals surface area (Å²) in [6.45, 7) is 1.99. The maximum Gasteiger partial charge on any atom is 0.411 e. The van der Waals surface area contributed by atoms with Gasteiger partial charge in [-0.3, -0.25) is 4.79 Å². The summed E-state index contributed by atoms with van der Waals surface area (Å²) in [5.41, 5.74) is -0.553. The second-order valence-corrected chi connectivity index (χ2v) is 5.42. The molecule has 0 bridgehead atoms. The average Bonchev–Trinajstić information content (AvgIpc) is 2.68. The van der Waals surface area contributed by atoms with Crippen molar-refractivity contribution in [2.75, 3.05) is 13.2 Å². The number of aromatic nitrogens is 2. The SMILES string of the molecule is CC(C)(CC(=O)O)Cc1nnc(CCOCC(F)(F)F)o1. The zero-order valence-electron chi connectivity index (χ0n) is 11.7. The summed E-state index contributed by atoms with van der Waals surface area (Å²) >= 11 is 0.